The number of fused-ring (bicyclic) bond motifs is 1. The van der Waals surface area contributed by atoms with Gasteiger partial charge in [-0.05, 0) is 53.6 Å². The Balaban J connectivity index is 1.39. The standard InChI is InChI=1S/C29H28N2O3/c1-19-3-10-26(20(2)13-19)29(33)34-18-21-4-7-23(8-5-21)27(16-30)28(32)15-22-6-9-25-17-31-12-11-24(25)14-22/h3-14,17,27H,15-16,18,30H2,1-2H3. The molecule has 4 rings (SSSR count). The molecule has 0 radical (unpaired) electrons. The molecule has 5 heteroatoms. The fourth-order valence-corrected chi connectivity index (χ4v) is 4.14. The summed E-state index contributed by atoms with van der Waals surface area (Å²) in [6, 6.07) is 21.1. The first-order valence-electron chi connectivity index (χ1n) is 11.3. The van der Waals surface area contributed by atoms with Crippen LogP contribution in [0.4, 0.5) is 0 Å². The molecule has 0 spiro atoms. The number of carbonyl (C=O) groups is 2. The molecule has 0 saturated heterocycles. The number of rotatable bonds is 8. The molecule has 1 aromatic heterocycles. The summed E-state index contributed by atoms with van der Waals surface area (Å²) in [6.45, 7) is 4.29. The molecule has 4 aromatic rings. The zero-order valence-corrected chi connectivity index (χ0v) is 19.5. The van der Waals surface area contributed by atoms with Gasteiger partial charge in [0.2, 0.25) is 0 Å². The summed E-state index contributed by atoms with van der Waals surface area (Å²) >= 11 is 0. The van der Waals surface area contributed by atoms with Crippen molar-refractivity contribution in [3.8, 4) is 0 Å². The Hall–Kier alpha value is -3.83. The average molecular weight is 453 g/mol. The van der Waals surface area contributed by atoms with Gasteiger partial charge < -0.3 is 10.5 Å². The third-order valence-corrected chi connectivity index (χ3v) is 6.06. The fourth-order valence-electron chi connectivity index (χ4n) is 4.14. The van der Waals surface area contributed by atoms with Crippen molar-refractivity contribution in [2.24, 2.45) is 5.73 Å². The number of aryl methyl sites for hydroxylation is 2. The molecule has 1 heterocycles. The number of aromatic nitrogens is 1. The lowest BCUT2D eigenvalue weighted by molar-refractivity contribution is -0.119. The number of ketones is 1. The number of pyridine rings is 1. The van der Waals surface area contributed by atoms with Crippen LogP contribution in [0.25, 0.3) is 10.8 Å². The zero-order valence-electron chi connectivity index (χ0n) is 19.5. The lowest BCUT2D eigenvalue weighted by Gasteiger charge is -2.15. The third kappa shape index (κ3) is 5.38. The van der Waals surface area contributed by atoms with Crippen molar-refractivity contribution < 1.29 is 14.3 Å². The summed E-state index contributed by atoms with van der Waals surface area (Å²) in [4.78, 5) is 29.6. The number of esters is 1. The van der Waals surface area contributed by atoms with Gasteiger partial charge >= 0.3 is 5.97 Å². The zero-order chi connectivity index (χ0) is 24.1. The summed E-state index contributed by atoms with van der Waals surface area (Å²) in [5.74, 6) is -0.660. The first-order valence-corrected chi connectivity index (χ1v) is 11.3. The number of hydrogen-bond donors (Lipinski definition) is 1. The van der Waals surface area contributed by atoms with Crippen molar-refractivity contribution in [3.63, 3.8) is 0 Å². The van der Waals surface area contributed by atoms with Crippen molar-refractivity contribution in [2.45, 2.75) is 32.8 Å². The number of ether oxygens (including phenoxy) is 1. The monoisotopic (exact) mass is 452 g/mol. The van der Waals surface area contributed by atoms with E-state index in [-0.39, 0.29) is 30.8 Å². The molecule has 1 atom stereocenters. The van der Waals surface area contributed by atoms with E-state index in [0.717, 1.165) is 38.6 Å². The Kier molecular flexibility index (Phi) is 7.14. The topological polar surface area (TPSA) is 82.3 Å². The van der Waals surface area contributed by atoms with Crippen molar-refractivity contribution in [3.05, 3.63) is 113 Å². The Labute approximate surface area is 199 Å². The highest BCUT2D eigenvalue weighted by molar-refractivity contribution is 5.91. The van der Waals surface area contributed by atoms with Gasteiger partial charge in [0.1, 0.15) is 12.4 Å². The minimum absolute atomic E-state index is 0.0740. The summed E-state index contributed by atoms with van der Waals surface area (Å²) in [6.07, 6.45) is 3.87. The van der Waals surface area contributed by atoms with Crippen molar-refractivity contribution in [2.75, 3.05) is 6.54 Å². The molecule has 5 nitrogen and oxygen atoms in total. The Morgan fingerprint density at radius 2 is 1.68 bits per heavy atom. The van der Waals surface area contributed by atoms with Crippen LogP contribution in [0.1, 0.15) is 44.1 Å². The number of carbonyl (C=O) groups excluding carboxylic acids is 2. The van der Waals surface area contributed by atoms with Crippen LogP contribution in [0.5, 0.6) is 0 Å². The minimum Gasteiger partial charge on any atom is -0.457 e. The SMILES string of the molecule is Cc1ccc(C(=O)OCc2ccc(C(CN)C(=O)Cc3ccc4cnccc4c3)cc2)c(C)c1. The van der Waals surface area contributed by atoms with E-state index in [1.54, 1.807) is 12.3 Å². The second-order valence-corrected chi connectivity index (χ2v) is 8.62. The van der Waals surface area contributed by atoms with Crippen LogP contribution >= 0.6 is 0 Å². The summed E-state index contributed by atoms with van der Waals surface area (Å²) in [7, 11) is 0. The van der Waals surface area contributed by atoms with E-state index >= 15 is 0 Å². The minimum atomic E-state index is -0.389. The maximum absolute atomic E-state index is 13.0. The smallest absolute Gasteiger partial charge is 0.338 e. The van der Waals surface area contributed by atoms with E-state index in [1.807, 2.05) is 80.7 Å². The quantitative estimate of drug-likeness (QED) is 0.378. The molecule has 172 valence electrons. The van der Waals surface area contributed by atoms with Crippen LogP contribution < -0.4 is 5.73 Å². The number of nitrogens with zero attached hydrogens (tertiary/aromatic N) is 1. The normalized spacial score (nSPS) is 11.9. The van der Waals surface area contributed by atoms with Gasteiger partial charge in [-0.25, -0.2) is 4.79 Å². The first kappa shape index (κ1) is 23.3. The molecule has 0 saturated carbocycles. The van der Waals surface area contributed by atoms with Crippen molar-refractivity contribution in [1.82, 2.24) is 4.98 Å². The van der Waals surface area contributed by atoms with Gasteiger partial charge in [-0.15, -0.1) is 0 Å². The van der Waals surface area contributed by atoms with E-state index in [4.69, 9.17) is 10.5 Å². The molecular weight excluding hydrogens is 424 g/mol. The van der Waals surface area contributed by atoms with Crippen LogP contribution in [-0.4, -0.2) is 23.3 Å². The molecule has 2 N–H and O–H groups in total. The second-order valence-electron chi connectivity index (χ2n) is 8.62. The van der Waals surface area contributed by atoms with Gasteiger partial charge in [0, 0.05) is 30.7 Å². The van der Waals surface area contributed by atoms with E-state index in [9.17, 15) is 9.59 Å². The average Bonchev–Trinajstić information content (AvgIpc) is 2.83. The van der Waals surface area contributed by atoms with Crippen LogP contribution in [0.3, 0.4) is 0 Å². The summed E-state index contributed by atoms with van der Waals surface area (Å²) in [5, 5.41) is 2.10. The van der Waals surface area contributed by atoms with Gasteiger partial charge in [-0.2, -0.15) is 0 Å². The highest BCUT2D eigenvalue weighted by Crippen LogP contribution is 2.21. The Morgan fingerprint density at radius 1 is 0.912 bits per heavy atom. The molecule has 3 aromatic carbocycles. The summed E-state index contributed by atoms with van der Waals surface area (Å²) in [5.41, 5.74) is 11.2. The molecule has 0 aliphatic carbocycles. The van der Waals surface area contributed by atoms with Gasteiger partial charge in [0.15, 0.2) is 0 Å². The van der Waals surface area contributed by atoms with Crippen LogP contribution in [0.2, 0.25) is 0 Å². The van der Waals surface area contributed by atoms with Gasteiger partial charge in [0.25, 0.3) is 0 Å². The van der Waals surface area contributed by atoms with Crippen molar-refractivity contribution in [1.29, 1.82) is 0 Å². The Morgan fingerprint density at radius 3 is 2.41 bits per heavy atom. The molecule has 0 aliphatic rings. The number of benzene rings is 3. The van der Waals surface area contributed by atoms with E-state index < -0.39 is 0 Å². The second kappa shape index (κ2) is 10.4. The largest absolute Gasteiger partial charge is 0.457 e. The van der Waals surface area contributed by atoms with E-state index in [0.29, 0.717) is 12.0 Å². The molecule has 0 aliphatic heterocycles. The number of Topliss-reactive ketones (excluding diaryl/α,β-unsaturated/α-hetero) is 1. The maximum atomic E-state index is 13.0. The highest BCUT2D eigenvalue weighted by atomic mass is 16.5. The van der Waals surface area contributed by atoms with Crippen molar-refractivity contribution >= 4 is 22.5 Å². The van der Waals surface area contributed by atoms with Crippen LogP contribution in [-0.2, 0) is 22.6 Å². The molecule has 0 amide bonds. The highest BCUT2D eigenvalue weighted by Gasteiger charge is 2.19. The third-order valence-electron chi connectivity index (χ3n) is 6.06. The lowest BCUT2D eigenvalue weighted by atomic mass is 9.90. The lowest BCUT2D eigenvalue weighted by Crippen LogP contribution is -2.23. The fraction of sp³-hybridized carbons (Fsp3) is 0.207. The van der Waals surface area contributed by atoms with Gasteiger partial charge in [-0.1, -0.05) is 60.2 Å². The van der Waals surface area contributed by atoms with E-state index in [1.165, 1.54) is 0 Å². The predicted octanol–water partition coefficient (Wildman–Crippen LogP) is 5.06. The molecule has 1 unspecified atom stereocenters. The Bertz CT molecular complexity index is 1330. The number of nitrogens with two attached hydrogens (primary N) is 1. The molecule has 0 bridgehead atoms. The molecule has 34 heavy (non-hydrogen) atoms. The van der Waals surface area contributed by atoms with Gasteiger partial charge in [0.05, 0.1) is 11.5 Å². The molecule has 0 fully saturated rings. The van der Waals surface area contributed by atoms with Crippen LogP contribution in [0.15, 0.2) is 79.1 Å². The van der Waals surface area contributed by atoms with Crippen LogP contribution in [0, 0.1) is 13.8 Å². The molecular formula is C29H28N2O3. The van der Waals surface area contributed by atoms with E-state index in [2.05, 4.69) is 4.98 Å². The predicted molar refractivity (Wildman–Crippen MR) is 134 cm³/mol. The maximum Gasteiger partial charge on any atom is 0.338 e. The first-order chi connectivity index (χ1) is 16.4. The van der Waals surface area contributed by atoms with Gasteiger partial charge in [-0.3, -0.25) is 9.78 Å². The summed E-state index contributed by atoms with van der Waals surface area (Å²) < 4.78 is 5.49. The number of hydrogen-bond acceptors (Lipinski definition) is 5.